The molecule has 0 N–H and O–H groups in total. The van der Waals surface area contributed by atoms with E-state index in [1.807, 2.05) is 0 Å². The molecule has 0 aliphatic carbocycles. The average Bonchev–Trinajstić information content (AvgIpc) is 2.71. The van der Waals surface area contributed by atoms with E-state index in [0.29, 0.717) is 23.4 Å². The number of ether oxygens (including phenoxy) is 1. The Morgan fingerprint density at radius 1 is 1.17 bits per heavy atom. The van der Waals surface area contributed by atoms with Gasteiger partial charge in [0.2, 0.25) is 7.46 Å². The van der Waals surface area contributed by atoms with Crippen molar-refractivity contribution in [1.82, 2.24) is 4.31 Å². The van der Waals surface area contributed by atoms with Gasteiger partial charge in [-0.05, 0) is 24.1 Å². The lowest BCUT2D eigenvalue weighted by Crippen LogP contribution is -2.35. The number of amides is 3. The number of carbonyl (C=O) groups excluding carboxylic acids is 2. The molecule has 1 aliphatic heterocycles. The molecule has 23 heavy (non-hydrogen) atoms. The molecule has 2 rings (SSSR count). The molecule has 1 saturated heterocycles. The molecule has 1 aliphatic rings. The third-order valence-corrected chi connectivity index (χ3v) is 6.59. The van der Waals surface area contributed by atoms with Gasteiger partial charge in [0.25, 0.3) is 5.91 Å². The van der Waals surface area contributed by atoms with E-state index < -0.39 is 19.4 Å². The van der Waals surface area contributed by atoms with Gasteiger partial charge >= 0.3 is 6.03 Å². The van der Waals surface area contributed by atoms with Crippen LogP contribution in [0.2, 0.25) is 0 Å². The van der Waals surface area contributed by atoms with Crippen LogP contribution in [-0.4, -0.2) is 37.4 Å². The fourth-order valence-electron chi connectivity index (χ4n) is 1.74. The Labute approximate surface area is 161 Å². The first-order chi connectivity index (χ1) is 10.6. The molecule has 0 radical (unpaired) electrons. The fraction of sp³-hybridized carbons (Fsp3) is 0.333. The van der Waals surface area contributed by atoms with Gasteiger partial charge in [0.15, 0.2) is 0 Å². The highest BCUT2D eigenvalue weighted by Gasteiger charge is 2.51. The van der Waals surface area contributed by atoms with Crippen LogP contribution in [0.15, 0.2) is 24.3 Å². The Hall–Kier alpha value is -0.240. The van der Waals surface area contributed by atoms with Crippen molar-refractivity contribution in [3.05, 3.63) is 24.3 Å². The molecule has 0 unspecified atom stereocenters. The van der Waals surface area contributed by atoms with Gasteiger partial charge in [-0.15, -0.1) is 0 Å². The summed E-state index contributed by atoms with van der Waals surface area (Å²) in [6, 6.07) is 5.84. The molecule has 126 valence electrons. The minimum Gasteiger partial charge on any atom is -0.497 e. The van der Waals surface area contributed by atoms with Crippen LogP contribution in [0.1, 0.15) is 0 Å². The smallest absolute Gasteiger partial charge is 0.341 e. The van der Waals surface area contributed by atoms with E-state index in [-0.39, 0.29) is 6.54 Å². The number of hydrogen-bond donors (Lipinski definition) is 0. The number of methoxy groups -OCH3 is 1. The van der Waals surface area contributed by atoms with Crippen molar-refractivity contribution in [2.45, 2.75) is 7.46 Å². The van der Waals surface area contributed by atoms with Crippen LogP contribution in [-0.2, 0) is 4.79 Å². The van der Waals surface area contributed by atoms with E-state index in [0.717, 1.165) is 9.21 Å². The number of urea groups is 1. The molecule has 0 atom stereocenters. The van der Waals surface area contributed by atoms with Gasteiger partial charge in [-0.25, -0.2) is 9.69 Å². The first-order valence-electron chi connectivity index (χ1n) is 5.99. The Morgan fingerprint density at radius 3 is 2.39 bits per heavy atom. The van der Waals surface area contributed by atoms with Crippen molar-refractivity contribution in [1.29, 1.82) is 0 Å². The number of hydrogen-bond acceptors (Lipinski definition) is 4. The van der Waals surface area contributed by atoms with Gasteiger partial charge < -0.3 is 4.74 Å². The predicted molar refractivity (Wildman–Crippen MR) is 94.9 cm³/mol. The summed E-state index contributed by atoms with van der Waals surface area (Å²) in [5.74, 6) is 0.0312. The summed E-state index contributed by atoms with van der Waals surface area (Å²) in [5, 5.41) is 0. The minimum absolute atomic E-state index is 0.261. The maximum Gasteiger partial charge on any atom is 0.341 e. The Balaban J connectivity index is 2.23. The SMILES string of the molecule is COc1cccc(N2C(=O)CN(SC(Cl)(Cl)C(Cl)(Cl)Cl)C2=O)c1. The molecule has 1 fully saturated rings. The highest BCUT2D eigenvalue weighted by Crippen LogP contribution is 2.54. The fourth-order valence-corrected chi connectivity index (χ4v) is 3.27. The molecule has 5 nitrogen and oxygen atoms in total. The zero-order valence-corrected chi connectivity index (χ0v) is 16.0. The maximum absolute atomic E-state index is 12.4. The largest absolute Gasteiger partial charge is 0.497 e. The lowest BCUT2D eigenvalue weighted by Gasteiger charge is -2.29. The van der Waals surface area contributed by atoms with Crippen LogP contribution in [0.25, 0.3) is 0 Å². The lowest BCUT2D eigenvalue weighted by atomic mass is 10.3. The summed E-state index contributed by atoms with van der Waals surface area (Å²) >= 11 is 29.5. The lowest BCUT2D eigenvalue weighted by molar-refractivity contribution is -0.116. The molecule has 0 saturated carbocycles. The molecule has 3 amide bonds. The summed E-state index contributed by atoms with van der Waals surface area (Å²) in [6.07, 6.45) is 0. The van der Waals surface area contributed by atoms with Gasteiger partial charge in [0.1, 0.15) is 12.3 Å². The highest BCUT2D eigenvalue weighted by atomic mass is 35.6. The Kier molecular flexibility index (Phi) is 5.76. The van der Waals surface area contributed by atoms with Crippen molar-refractivity contribution < 1.29 is 14.3 Å². The average molecular weight is 439 g/mol. The number of rotatable bonds is 4. The highest BCUT2D eigenvalue weighted by molar-refractivity contribution is 8.02. The quantitative estimate of drug-likeness (QED) is 0.391. The monoisotopic (exact) mass is 436 g/mol. The van der Waals surface area contributed by atoms with Crippen LogP contribution in [0.3, 0.4) is 0 Å². The van der Waals surface area contributed by atoms with Crippen LogP contribution in [0.5, 0.6) is 5.75 Å². The number of anilines is 1. The Bertz CT molecular complexity index is 637. The molecule has 0 spiro atoms. The molecule has 11 heteroatoms. The molecular weight excluding hydrogens is 429 g/mol. The van der Waals surface area contributed by atoms with E-state index in [1.165, 1.54) is 7.11 Å². The van der Waals surface area contributed by atoms with Gasteiger partial charge in [-0.1, -0.05) is 64.1 Å². The molecule has 1 aromatic carbocycles. The van der Waals surface area contributed by atoms with Crippen molar-refractivity contribution in [2.24, 2.45) is 0 Å². The van der Waals surface area contributed by atoms with Crippen molar-refractivity contribution in [3.63, 3.8) is 0 Å². The maximum atomic E-state index is 12.4. The molecule has 1 aromatic rings. The van der Waals surface area contributed by atoms with E-state index in [1.54, 1.807) is 24.3 Å². The number of halogens is 5. The first kappa shape index (κ1) is 19.1. The van der Waals surface area contributed by atoms with Crippen molar-refractivity contribution >= 4 is 87.6 Å². The number of nitrogens with zero attached hydrogens (tertiary/aromatic N) is 2. The second kappa shape index (κ2) is 6.94. The normalized spacial score (nSPS) is 16.3. The first-order valence-corrected chi connectivity index (χ1v) is 8.65. The molecule has 0 aromatic heterocycles. The predicted octanol–water partition coefficient (Wildman–Crippen LogP) is 4.61. The van der Waals surface area contributed by atoms with Gasteiger partial charge in [-0.3, -0.25) is 9.10 Å². The van der Waals surface area contributed by atoms with Crippen LogP contribution < -0.4 is 9.64 Å². The topological polar surface area (TPSA) is 49.9 Å². The minimum atomic E-state index is -2.06. The van der Waals surface area contributed by atoms with E-state index in [9.17, 15) is 9.59 Å². The molecule has 1 heterocycles. The van der Waals surface area contributed by atoms with Crippen LogP contribution in [0.4, 0.5) is 10.5 Å². The number of benzene rings is 1. The third-order valence-electron chi connectivity index (χ3n) is 2.80. The Morgan fingerprint density at radius 2 is 1.83 bits per heavy atom. The summed E-state index contributed by atoms with van der Waals surface area (Å²) < 4.78 is 2.10. The summed E-state index contributed by atoms with van der Waals surface area (Å²) in [4.78, 5) is 25.6. The summed E-state index contributed by atoms with van der Waals surface area (Å²) in [6.45, 7) is -0.261. The zero-order chi connectivity index (χ0) is 17.4. The van der Waals surface area contributed by atoms with Gasteiger partial charge in [0, 0.05) is 6.07 Å². The third kappa shape index (κ3) is 4.06. The second-order valence-corrected chi connectivity index (χ2v) is 9.65. The summed E-state index contributed by atoms with van der Waals surface area (Å²) in [5.41, 5.74) is 0.353. The van der Waals surface area contributed by atoms with Gasteiger partial charge in [0.05, 0.1) is 12.8 Å². The van der Waals surface area contributed by atoms with Gasteiger partial charge in [-0.2, -0.15) is 0 Å². The van der Waals surface area contributed by atoms with E-state index in [4.69, 9.17) is 62.7 Å². The second-order valence-electron chi connectivity index (χ2n) is 4.36. The van der Waals surface area contributed by atoms with Crippen molar-refractivity contribution in [3.8, 4) is 5.75 Å². The zero-order valence-electron chi connectivity index (χ0n) is 11.4. The van der Waals surface area contributed by atoms with E-state index in [2.05, 4.69) is 0 Å². The van der Waals surface area contributed by atoms with Crippen molar-refractivity contribution in [2.75, 3.05) is 18.6 Å². The van der Waals surface area contributed by atoms with Crippen LogP contribution in [0, 0.1) is 0 Å². The standard InChI is InChI=1S/C12H9Cl5N2O3S/c1-22-8-4-2-3-7(5-8)19-9(20)6-18(10(19)21)23-12(16,17)11(13,14)15/h2-5H,6H2,1H3. The molecular formula is C12H9Cl5N2O3S. The number of alkyl halides is 5. The number of carbonyl (C=O) groups is 2. The van der Waals surface area contributed by atoms with Crippen LogP contribution >= 0.6 is 70.0 Å². The number of imide groups is 1. The molecule has 0 bridgehead atoms. The summed E-state index contributed by atoms with van der Waals surface area (Å²) in [7, 11) is 1.48. The van der Waals surface area contributed by atoms with E-state index >= 15 is 0 Å².